The summed E-state index contributed by atoms with van der Waals surface area (Å²) in [6.45, 7) is 3.88. The average Bonchev–Trinajstić information content (AvgIpc) is 2.65. The number of nitrogens with zero attached hydrogens (tertiary/aromatic N) is 2. The van der Waals surface area contributed by atoms with Gasteiger partial charge in [0, 0.05) is 12.7 Å². The van der Waals surface area contributed by atoms with Crippen molar-refractivity contribution in [3.8, 4) is 0 Å². The largest absolute Gasteiger partial charge is 0.272 e. The van der Waals surface area contributed by atoms with Gasteiger partial charge < -0.3 is 0 Å². The molecule has 3 N–H and O–H groups in total. The third-order valence-corrected chi connectivity index (χ3v) is 3.61. The fraction of sp³-hybridized carbons (Fsp3) is 0.357. The number of hydrazine groups is 1. The molecule has 4 nitrogen and oxygen atoms in total. The molecule has 6 heteroatoms. The van der Waals surface area contributed by atoms with Crippen LogP contribution in [0.5, 0.6) is 0 Å². The van der Waals surface area contributed by atoms with Crippen LogP contribution in [-0.2, 0) is 13.5 Å². The summed E-state index contributed by atoms with van der Waals surface area (Å²) in [7, 11) is 1.87. The normalized spacial score (nSPS) is 12.7. The number of aryl methyl sites for hydroxylation is 2. The first-order valence-corrected chi connectivity index (χ1v) is 6.34. The molecule has 1 unspecified atom stereocenters. The van der Waals surface area contributed by atoms with Gasteiger partial charge >= 0.3 is 0 Å². The zero-order valence-electron chi connectivity index (χ0n) is 11.7. The van der Waals surface area contributed by atoms with Crippen LogP contribution in [-0.4, -0.2) is 9.78 Å². The Labute approximate surface area is 116 Å². The van der Waals surface area contributed by atoms with E-state index in [4.69, 9.17) is 5.84 Å². The second-order valence-electron chi connectivity index (χ2n) is 4.87. The molecule has 2 aromatic rings. The first kappa shape index (κ1) is 14.6. The summed E-state index contributed by atoms with van der Waals surface area (Å²) in [5.74, 6) is 3.82. The third kappa shape index (κ3) is 2.71. The molecular formula is C14H18F2N4. The van der Waals surface area contributed by atoms with E-state index >= 15 is 0 Å². The van der Waals surface area contributed by atoms with Crippen LogP contribution in [0.25, 0.3) is 0 Å². The van der Waals surface area contributed by atoms with Gasteiger partial charge in [0.05, 0.1) is 11.7 Å². The molecule has 1 aromatic heterocycles. The molecular weight excluding hydrogens is 262 g/mol. The summed E-state index contributed by atoms with van der Waals surface area (Å²) in [6, 6.07) is 3.51. The fourth-order valence-corrected chi connectivity index (χ4v) is 2.32. The van der Waals surface area contributed by atoms with Crippen molar-refractivity contribution in [1.82, 2.24) is 15.2 Å². The number of rotatable bonds is 4. The Bertz CT molecular complexity index is 622. The smallest absolute Gasteiger partial charge is 0.159 e. The summed E-state index contributed by atoms with van der Waals surface area (Å²) in [6.07, 6.45) is 0.563. The fourth-order valence-electron chi connectivity index (χ4n) is 2.32. The highest BCUT2D eigenvalue weighted by molar-refractivity contribution is 5.29. The van der Waals surface area contributed by atoms with Crippen LogP contribution < -0.4 is 11.3 Å². The maximum absolute atomic E-state index is 13.3. The van der Waals surface area contributed by atoms with Gasteiger partial charge in [0.2, 0.25) is 0 Å². The second-order valence-corrected chi connectivity index (χ2v) is 4.87. The lowest BCUT2D eigenvalue weighted by Gasteiger charge is -2.17. The van der Waals surface area contributed by atoms with Crippen molar-refractivity contribution in [3.05, 3.63) is 52.3 Å². The molecule has 2 rings (SSSR count). The van der Waals surface area contributed by atoms with Gasteiger partial charge in [-0.25, -0.2) is 8.78 Å². The molecule has 0 aliphatic heterocycles. The van der Waals surface area contributed by atoms with E-state index in [1.165, 1.54) is 12.1 Å². The van der Waals surface area contributed by atoms with Gasteiger partial charge in [-0.05, 0) is 43.5 Å². The minimum atomic E-state index is -0.873. The highest BCUT2D eigenvalue weighted by atomic mass is 19.2. The number of halogens is 2. The number of hydrogen-bond donors (Lipinski definition) is 2. The maximum Gasteiger partial charge on any atom is 0.159 e. The minimum Gasteiger partial charge on any atom is -0.272 e. The zero-order valence-corrected chi connectivity index (χ0v) is 11.7. The Morgan fingerprint density at radius 1 is 1.30 bits per heavy atom. The Morgan fingerprint density at radius 3 is 2.50 bits per heavy atom. The van der Waals surface area contributed by atoms with Gasteiger partial charge in [-0.2, -0.15) is 5.10 Å². The van der Waals surface area contributed by atoms with Crippen molar-refractivity contribution < 1.29 is 8.78 Å². The van der Waals surface area contributed by atoms with E-state index in [0.717, 1.165) is 23.0 Å². The highest BCUT2D eigenvalue weighted by Gasteiger charge is 2.18. The Hall–Kier alpha value is -1.79. The molecule has 0 fully saturated rings. The van der Waals surface area contributed by atoms with E-state index in [0.29, 0.717) is 12.0 Å². The number of hydrogen-bond acceptors (Lipinski definition) is 3. The van der Waals surface area contributed by atoms with Crippen LogP contribution >= 0.6 is 0 Å². The molecule has 0 aliphatic rings. The van der Waals surface area contributed by atoms with Crippen molar-refractivity contribution in [2.45, 2.75) is 26.3 Å². The van der Waals surface area contributed by atoms with Gasteiger partial charge in [-0.1, -0.05) is 6.07 Å². The molecule has 1 atom stereocenters. The Kier molecular flexibility index (Phi) is 4.15. The zero-order chi connectivity index (χ0) is 14.9. The molecule has 0 aliphatic carbocycles. The van der Waals surface area contributed by atoms with Gasteiger partial charge in [0.1, 0.15) is 0 Å². The second kappa shape index (κ2) is 5.68. The predicted octanol–water partition coefficient (Wildman–Crippen LogP) is 2.06. The van der Waals surface area contributed by atoms with Crippen molar-refractivity contribution in [1.29, 1.82) is 0 Å². The van der Waals surface area contributed by atoms with E-state index in [9.17, 15) is 8.78 Å². The molecule has 20 heavy (non-hydrogen) atoms. The van der Waals surface area contributed by atoms with E-state index in [1.54, 1.807) is 4.68 Å². The molecule has 108 valence electrons. The quantitative estimate of drug-likeness (QED) is 0.666. The van der Waals surface area contributed by atoms with E-state index in [2.05, 4.69) is 10.5 Å². The molecule has 1 aromatic carbocycles. The van der Waals surface area contributed by atoms with Crippen LogP contribution in [0.15, 0.2) is 18.2 Å². The monoisotopic (exact) mass is 280 g/mol. The summed E-state index contributed by atoms with van der Waals surface area (Å²) >= 11 is 0. The van der Waals surface area contributed by atoms with Crippen molar-refractivity contribution in [3.63, 3.8) is 0 Å². The molecule has 0 saturated heterocycles. The Morgan fingerprint density at radius 2 is 2.00 bits per heavy atom. The molecule has 0 saturated carbocycles. The summed E-state index contributed by atoms with van der Waals surface area (Å²) in [5, 5.41) is 4.34. The van der Waals surface area contributed by atoms with Crippen LogP contribution in [0.3, 0.4) is 0 Å². The Balaban J connectivity index is 2.31. The average molecular weight is 280 g/mol. The van der Waals surface area contributed by atoms with Gasteiger partial charge in [0.15, 0.2) is 11.6 Å². The predicted molar refractivity (Wildman–Crippen MR) is 72.8 cm³/mol. The number of benzene rings is 1. The summed E-state index contributed by atoms with van der Waals surface area (Å²) < 4.78 is 28.1. The molecule has 0 amide bonds. The standard InChI is InChI=1S/C14H18F2N4/c1-8-11(9(2)20(3)19-8)7-14(18-17)10-4-5-12(15)13(16)6-10/h4-6,14,18H,7,17H2,1-3H3. The lowest BCUT2D eigenvalue weighted by molar-refractivity contribution is 0.497. The molecule has 1 heterocycles. The van der Waals surface area contributed by atoms with Gasteiger partial charge in [-0.15, -0.1) is 0 Å². The van der Waals surface area contributed by atoms with Crippen LogP contribution in [0, 0.1) is 25.5 Å². The number of aromatic nitrogens is 2. The summed E-state index contributed by atoms with van der Waals surface area (Å²) in [5.41, 5.74) is 6.26. The van der Waals surface area contributed by atoms with Crippen LogP contribution in [0.4, 0.5) is 8.78 Å². The first-order chi connectivity index (χ1) is 9.43. The van der Waals surface area contributed by atoms with Crippen LogP contribution in [0.2, 0.25) is 0 Å². The first-order valence-electron chi connectivity index (χ1n) is 6.34. The van der Waals surface area contributed by atoms with Crippen molar-refractivity contribution in [2.75, 3.05) is 0 Å². The SMILES string of the molecule is Cc1nn(C)c(C)c1CC(NN)c1ccc(F)c(F)c1. The number of nitrogens with one attached hydrogen (secondary N) is 1. The lowest BCUT2D eigenvalue weighted by atomic mass is 9.98. The minimum absolute atomic E-state index is 0.299. The van der Waals surface area contributed by atoms with E-state index in [-0.39, 0.29) is 6.04 Å². The van der Waals surface area contributed by atoms with Crippen molar-refractivity contribution >= 4 is 0 Å². The lowest BCUT2D eigenvalue weighted by Crippen LogP contribution is -2.30. The van der Waals surface area contributed by atoms with Gasteiger partial charge in [0.25, 0.3) is 0 Å². The third-order valence-electron chi connectivity index (χ3n) is 3.61. The maximum atomic E-state index is 13.3. The topological polar surface area (TPSA) is 55.9 Å². The highest BCUT2D eigenvalue weighted by Crippen LogP contribution is 2.23. The molecule has 0 spiro atoms. The van der Waals surface area contributed by atoms with Crippen LogP contribution in [0.1, 0.15) is 28.6 Å². The number of nitrogens with two attached hydrogens (primary N) is 1. The molecule has 0 radical (unpaired) electrons. The summed E-state index contributed by atoms with van der Waals surface area (Å²) in [4.78, 5) is 0. The van der Waals surface area contributed by atoms with E-state index in [1.807, 2.05) is 20.9 Å². The molecule has 0 bridgehead atoms. The van der Waals surface area contributed by atoms with Crippen molar-refractivity contribution in [2.24, 2.45) is 12.9 Å². The van der Waals surface area contributed by atoms with Gasteiger partial charge in [-0.3, -0.25) is 16.0 Å². The van der Waals surface area contributed by atoms with E-state index < -0.39 is 11.6 Å².